The molecule has 6 heteroatoms. The standard InChI is InChI=1S/C14H19N5O/c1-4-16-13(15)19-14-17-9(3)11-8-10(20-5-2)6-7-12(11)18-14/h6-8H,4-5H2,1-3H3,(H3,15,16,17,18,19). The maximum absolute atomic E-state index is 5.71. The van der Waals surface area contributed by atoms with Gasteiger partial charge in [-0.1, -0.05) is 0 Å². The molecule has 0 amide bonds. The summed E-state index contributed by atoms with van der Waals surface area (Å²) in [6.07, 6.45) is 0. The Hall–Kier alpha value is -2.37. The van der Waals surface area contributed by atoms with Crippen LogP contribution in [0.3, 0.4) is 0 Å². The average Bonchev–Trinajstić information content (AvgIpc) is 2.40. The highest BCUT2D eigenvalue weighted by Crippen LogP contribution is 2.22. The van der Waals surface area contributed by atoms with Gasteiger partial charge in [0.1, 0.15) is 5.75 Å². The zero-order chi connectivity index (χ0) is 14.5. The molecule has 0 saturated carbocycles. The van der Waals surface area contributed by atoms with E-state index < -0.39 is 0 Å². The zero-order valence-corrected chi connectivity index (χ0v) is 12.0. The molecule has 2 aromatic rings. The van der Waals surface area contributed by atoms with Gasteiger partial charge in [-0.25, -0.2) is 9.97 Å². The number of hydrogen-bond acceptors (Lipinski definition) is 4. The third-order valence-electron chi connectivity index (χ3n) is 2.74. The van der Waals surface area contributed by atoms with Crippen LogP contribution in [0.1, 0.15) is 19.5 Å². The number of fused-ring (bicyclic) bond motifs is 1. The first-order chi connectivity index (χ1) is 9.63. The maximum atomic E-state index is 5.71. The van der Waals surface area contributed by atoms with Gasteiger partial charge in [0, 0.05) is 11.9 Å². The van der Waals surface area contributed by atoms with E-state index in [2.05, 4.69) is 20.3 Å². The molecule has 0 aliphatic heterocycles. The van der Waals surface area contributed by atoms with E-state index in [1.807, 2.05) is 39.0 Å². The lowest BCUT2D eigenvalue weighted by Crippen LogP contribution is -2.24. The molecule has 0 unspecified atom stereocenters. The van der Waals surface area contributed by atoms with E-state index in [9.17, 15) is 0 Å². The molecule has 0 spiro atoms. The van der Waals surface area contributed by atoms with Crippen molar-refractivity contribution >= 4 is 22.8 Å². The molecule has 0 fully saturated rings. The number of anilines is 1. The normalized spacial score (nSPS) is 11.7. The van der Waals surface area contributed by atoms with E-state index in [1.54, 1.807) is 0 Å². The molecule has 3 N–H and O–H groups in total. The summed E-state index contributed by atoms with van der Waals surface area (Å²) in [5.74, 6) is 1.59. The Kier molecular flexibility index (Phi) is 4.34. The molecule has 0 bridgehead atoms. The molecule has 2 rings (SSSR count). The molecule has 1 heterocycles. The summed E-state index contributed by atoms with van der Waals surface area (Å²) >= 11 is 0. The van der Waals surface area contributed by atoms with Crippen molar-refractivity contribution in [1.82, 2.24) is 9.97 Å². The number of nitrogens with two attached hydrogens (primary N) is 1. The third kappa shape index (κ3) is 3.14. The average molecular weight is 273 g/mol. The minimum Gasteiger partial charge on any atom is -0.494 e. The van der Waals surface area contributed by atoms with Gasteiger partial charge in [0.2, 0.25) is 5.95 Å². The Morgan fingerprint density at radius 1 is 1.35 bits per heavy atom. The van der Waals surface area contributed by atoms with Crippen molar-refractivity contribution in [2.75, 3.05) is 18.5 Å². The van der Waals surface area contributed by atoms with Crippen LogP contribution in [-0.4, -0.2) is 29.1 Å². The van der Waals surface area contributed by atoms with Crippen LogP contribution >= 0.6 is 0 Å². The number of benzene rings is 1. The van der Waals surface area contributed by atoms with Gasteiger partial charge in [-0.05, 0) is 39.0 Å². The summed E-state index contributed by atoms with van der Waals surface area (Å²) in [6, 6.07) is 5.75. The van der Waals surface area contributed by atoms with E-state index in [0.29, 0.717) is 25.1 Å². The summed E-state index contributed by atoms with van der Waals surface area (Å²) in [5, 5.41) is 3.86. The second kappa shape index (κ2) is 6.18. The molecule has 0 radical (unpaired) electrons. The minimum atomic E-state index is 0.317. The van der Waals surface area contributed by atoms with E-state index in [4.69, 9.17) is 10.5 Å². The minimum absolute atomic E-state index is 0.317. The van der Waals surface area contributed by atoms with Crippen molar-refractivity contribution < 1.29 is 4.74 Å². The van der Waals surface area contributed by atoms with Crippen LogP contribution in [0, 0.1) is 6.92 Å². The van der Waals surface area contributed by atoms with E-state index in [0.717, 1.165) is 22.3 Å². The molecule has 0 saturated heterocycles. The summed E-state index contributed by atoms with van der Waals surface area (Å²) in [6.45, 7) is 7.04. The van der Waals surface area contributed by atoms with Gasteiger partial charge in [0.25, 0.3) is 0 Å². The SMILES string of the molecule is CCN=C(N)Nc1nc(C)c2cc(OCC)ccc2n1. The summed E-state index contributed by atoms with van der Waals surface area (Å²) in [5.41, 5.74) is 7.42. The first-order valence-electron chi connectivity index (χ1n) is 6.62. The molecular weight excluding hydrogens is 254 g/mol. The maximum Gasteiger partial charge on any atom is 0.230 e. The van der Waals surface area contributed by atoms with Crippen LogP contribution in [0.5, 0.6) is 5.75 Å². The van der Waals surface area contributed by atoms with Gasteiger partial charge in [-0.2, -0.15) is 0 Å². The molecule has 1 aromatic carbocycles. The molecule has 0 aliphatic carbocycles. The largest absolute Gasteiger partial charge is 0.494 e. The Bertz CT molecular complexity index is 639. The number of ether oxygens (including phenoxy) is 1. The molecular formula is C14H19N5O. The van der Waals surface area contributed by atoms with Crippen LogP contribution in [0.25, 0.3) is 10.9 Å². The summed E-state index contributed by atoms with van der Waals surface area (Å²) in [7, 11) is 0. The van der Waals surface area contributed by atoms with Gasteiger partial charge < -0.3 is 10.5 Å². The predicted molar refractivity (Wildman–Crippen MR) is 81.2 cm³/mol. The van der Waals surface area contributed by atoms with Crippen molar-refractivity contribution in [3.05, 3.63) is 23.9 Å². The fourth-order valence-electron chi connectivity index (χ4n) is 1.90. The van der Waals surface area contributed by atoms with E-state index in [-0.39, 0.29) is 0 Å². The summed E-state index contributed by atoms with van der Waals surface area (Å²) < 4.78 is 5.49. The Balaban J connectivity index is 2.38. The molecule has 106 valence electrons. The van der Waals surface area contributed by atoms with Gasteiger partial charge in [0.15, 0.2) is 5.96 Å². The number of aliphatic imine (C=N–C) groups is 1. The van der Waals surface area contributed by atoms with Crippen LogP contribution in [0.15, 0.2) is 23.2 Å². The van der Waals surface area contributed by atoms with Gasteiger partial charge in [-0.3, -0.25) is 10.3 Å². The lowest BCUT2D eigenvalue weighted by atomic mass is 10.2. The topological polar surface area (TPSA) is 85.4 Å². The molecule has 6 nitrogen and oxygen atoms in total. The van der Waals surface area contributed by atoms with E-state index in [1.165, 1.54) is 0 Å². The lowest BCUT2D eigenvalue weighted by molar-refractivity contribution is 0.340. The fraction of sp³-hybridized carbons (Fsp3) is 0.357. The quantitative estimate of drug-likeness (QED) is 0.658. The highest BCUT2D eigenvalue weighted by molar-refractivity contribution is 5.92. The Morgan fingerprint density at radius 3 is 2.85 bits per heavy atom. The van der Waals surface area contributed by atoms with Crippen molar-refractivity contribution in [3.8, 4) is 5.75 Å². The summed E-state index contributed by atoms with van der Waals surface area (Å²) in [4.78, 5) is 12.9. The highest BCUT2D eigenvalue weighted by atomic mass is 16.5. The second-order valence-corrected chi connectivity index (χ2v) is 4.23. The molecule has 0 aliphatic rings. The van der Waals surface area contributed by atoms with Crippen molar-refractivity contribution in [2.24, 2.45) is 10.7 Å². The van der Waals surface area contributed by atoms with Crippen molar-refractivity contribution in [1.29, 1.82) is 0 Å². The number of nitrogens with one attached hydrogen (secondary N) is 1. The predicted octanol–water partition coefficient (Wildman–Crippen LogP) is 2.08. The monoisotopic (exact) mass is 273 g/mol. The Labute approximate surface area is 118 Å². The van der Waals surface area contributed by atoms with Crippen LogP contribution in [0.4, 0.5) is 5.95 Å². The zero-order valence-electron chi connectivity index (χ0n) is 12.0. The number of aryl methyl sites for hydroxylation is 1. The lowest BCUT2D eigenvalue weighted by Gasteiger charge is -2.09. The smallest absolute Gasteiger partial charge is 0.230 e. The first kappa shape index (κ1) is 14.0. The number of guanidine groups is 1. The number of nitrogens with zero attached hydrogens (tertiary/aromatic N) is 3. The fourth-order valence-corrected chi connectivity index (χ4v) is 1.90. The van der Waals surface area contributed by atoms with Crippen molar-refractivity contribution in [2.45, 2.75) is 20.8 Å². The van der Waals surface area contributed by atoms with Crippen molar-refractivity contribution in [3.63, 3.8) is 0 Å². The van der Waals surface area contributed by atoms with Crippen LogP contribution in [0.2, 0.25) is 0 Å². The number of hydrogen-bond donors (Lipinski definition) is 2. The van der Waals surface area contributed by atoms with Crippen LogP contribution < -0.4 is 15.8 Å². The Morgan fingerprint density at radius 2 is 2.15 bits per heavy atom. The van der Waals surface area contributed by atoms with Crippen LogP contribution in [-0.2, 0) is 0 Å². The second-order valence-electron chi connectivity index (χ2n) is 4.23. The van der Waals surface area contributed by atoms with Gasteiger partial charge in [0.05, 0.1) is 17.8 Å². The van der Waals surface area contributed by atoms with E-state index >= 15 is 0 Å². The highest BCUT2D eigenvalue weighted by Gasteiger charge is 2.06. The molecule has 1 aromatic heterocycles. The van der Waals surface area contributed by atoms with Gasteiger partial charge in [-0.15, -0.1) is 0 Å². The molecule has 20 heavy (non-hydrogen) atoms. The number of aromatic nitrogens is 2. The third-order valence-corrected chi connectivity index (χ3v) is 2.74. The number of rotatable bonds is 4. The molecule has 0 atom stereocenters. The first-order valence-corrected chi connectivity index (χ1v) is 6.62. The van der Waals surface area contributed by atoms with Gasteiger partial charge >= 0.3 is 0 Å².